The molecule has 0 radical (unpaired) electrons. The highest BCUT2D eigenvalue weighted by Crippen LogP contribution is 2.15. The smallest absolute Gasteiger partial charge is 0.104 e. The molecule has 0 aromatic rings. The van der Waals surface area contributed by atoms with Crippen molar-refractivity contribution < 1.29 is 18.9 Å². The first-order valence-electron chi connectivity index (χ1n) is 6.05. The SMILES string of the molecule is C(CN(CC1CO1)CC1CO1)OCC1CO1. The molecule has 5 nitrogen and oxygen atoms in total. The molecule has 0 aromatic heterocycles. The van der Waals surface area contributed by atoms with Crippen molar-refractivity contribution >= 4 is 0 Å². The summed E-state index contributed by atoms with van der Waals surface area (Å²) in [6.07, 6.45) is 1.27. The van der Waals surface area contributed by atoms with Crippen LogP contribution in [0.3, 0.4) is 0 Å². The average molecular weight is 229 g/mol. The van der Waals surface area contributed by atoms with E-state index in [2.05, 4.69) is 4.90 Å². The molecule has 3 aliphatic heterocycles. The van der Waals surface area contributed by atoms with E-state index in [1.54, 1.807) is 0 Å². The second-order valence-corrected chi connectivity index (χ2v) is 4.70. The zero-order valence-corrected chi connectivity index (χ0v) is 9.47. The molecule has 5 heteroatoms. The molecule has 0 saturated carbocycles. The van der Waals surface area contributed by atoms with Crippen LogP contribution in [-0.4, -0.2) is 75.9 Å². The Morgan fingerprint density at radius 2 is 1.50 bits per heavy atom. The largest absolute Gasteiger partial charge is 0.377 e. The maximum atomic E-state index is 5.54. The lowest BCUT2D eigenvalue weighted by Gasteiger charge is -2.20. The standard InChI is InChI=1S/C11H19NO4/c1(2-13-5-11-8-16-11)12(3-9-6-14-9)4-10-7-15-10/h9-11H,1-8H2. The third-order valence-electron chi connectivity index (χ3n) is 2.99. The van der Waals surface area contributed by atoms with Gasteiger partial charge in [0.25, 0.3) is 0 Å². The van der Waals surface area contributed by atoms with Crippen LogP contribution in [-0.2, 0) is 18.9 Å². The molecule has 0 spiro atoms. The van der Waals surface area contributed by atoms with Gasteiger partial charge < -0.3 is 18.9 Å². The summed E-state index contributed by atoms with van der Waals surface area (Å²) in [6, 6.07) is 0. The highest BCUT2D eigenvalue weighted by atomic mass is 16.6. The summed E-state index contributed by atoms with van der Waals surface area (Å²) < 4.78 is 21.1. The summed E-state index contributed by atoms with van der Waals surface area (Å²) in [5.41, 5.74) is 0. The summed E-state index contributed by atoms with van der Waals surface area (Å²) in [6.45, 7) is 7.22. The fourth-order valence-corrected chi connectivity index (χ4v) is 1.75. The summed E-state index contributed by atoms with van der Waals surface area (Å²) in [5, 5.41) is 0. The first-order chi connectivity index (χ1) is 7.90. The average Bonchev–Trinajstić information content (AvgIpc) is 3.12. The van der Waals surface area contributed by atoms with Gasteiger partial charge in [-0.2, -0.15) is 0 Å². The summed E-state index contributed by atoms with van der Waals surface area (Å²) in [4.78, 5) is 2.38. The Morgan fingerprint density at radius 1 is 0.938 bits per heavy atom. The molecule has 3 unspecified atom stereocenters. The van der Waals surface area contributed by atoms with E-state index in [9.17, 15) is 0 Å². The predicted octanol–water partition coefficient (Wildman–Crippen LogP) is -0.499. The van der Waals surface area contributed by atoms with Crippen LogP contribution in [0.4, 0.5) is 0 Å². The number of nitrogens with zero attached hydrogens (tertiary/aromatic N) is 1. The van der Waals surface area contributed by atoms with Gasteiger partial charge in [-0.25, -0.2) is 0 Å². The fourth-order valence-electron chi connectivity index (χ4n) is 1.75. The van der Waals surface area contributed by atoms with Gasteiger partial charge >= 0.3 is 0 Å². The van der Waals surface area contributed by atoms with Crippen molar-refractivity contribution in [1.82, 2.24) is 4.90 Å². The highest BCUT2D eigenvalue weighted by molar-refractivity contribution is 4.80. The normalized spacial score (nSPS) is 35.4. The van der Waals surface area contributed by atoms with Crippen molar-refractivity contribution in [3.63, 3.8) is 0 Å². The van der Waals surface area contributed by atoms with E-state index in [-0.39, 0.29) is 0 Å². The van der Waals surface area contributed by atoms with Crippen molar-refractivity contribution in [3.8, 4) is 0 Å². The molecular formula is C11H19NO4. The Kier molecular flexibility index (Phi) is 3.40. The van der Waals surface area contributed by atoms with E-state index in [4.69, 9.17) is 18.9 Å². The Morgan fingerprint density at radius 3 is 2.00 bits per heavy atom. The molecular weight excluding hydrogens is 210 g/mol. The van der Waals surface area contributed by atoms with Gasteiger partial charge in [0.2, 0.25) is 0 Å². The monoisotopic (exact) mass is 229 g/mol. The lowest BCUT2D eigenvalue weighted by Crippen LogP contribution is -2.34. The third-order valence-corrected chi connectivity index (χ3v) is 2.99. The number of hydrogen-bond donors (Lipinski definition) is 0. The lowest BCUT2D eigenvalue weighted by atomic mass is 10.3. The number of rotatable bonds is 9. The van der Waals surface area contributed by atoms with Gasteiger partial charge in [-0.15, -0.1) is 0 Å². The number of epoxide rings is 3. The van der Waals surface area contributed by atoms with Crippen LogP contribution in [0.5, 0.6) is 0 Å². The van der Waals surface area contributed by atoms with Crippen LogP contribution < -0.4 is 0 Å². The van der Waals surface area contributed by atoms with Gasteiger partial charge in [0, 0.05) is 19.6 Å². The topological polar surface area (TPSA) is 50.1 Å². The van der Waals surface area contributed by atoms with Crippen LogP contribution in [0.1, 0.15) is 0 Å². The molecule has 3 fully saturated rings. The van der Waals surface area contributed by atoms with Gasteiger partial charge in [-0.3, -0.25) is 4.90 Å². The van der Waals surface area contributed by atoms with E-state index in [0.717, 1.165) is 52.7 Å². The third kappa shape index (κ3) is 3.99. The van der Waals surface area contributed by atoms with Crippen molar-refractivity contribution in [3.05, 3.63) is 0 Å². The Labute approximate surface area is 95.6 Å². The van der Waals surface area contributed by atoms with Crippen LogP contribution in [0.25, 0.3) is 0 Å². The second-order valence-electron chi connectivity index (χ2n) is 4.70. The van der Waals surface area contributed by atoms with Gasteiger partial charge in [-0.05, 0) is 0 Å². The minimum Gasteiger partial charge on any atom is -0.377 e. The first-order valence-corrected chi connectivity index (χ1v) is 6.05. The van der Waals surface area contributed by atoms with E-state index in [1.807, 2.05) is 0 Å². The Balaban J connectivity index is 1.29. The molecule has 3 rings (SSSR count). The molecule has 3 aliphatic rings. The highest BCUT2D eigenvalue weighted by Gasteiger charge is 2.30. The molecule has 0 aromatic carbocycles. The van der Waals surface area contributed by atoms with E-state index in [0.29, 0.717) is 18.3 Å². The molecule has 92 valence electrons. The zero-order chi connectivity index (χ0) is 10.8. The van der Waals surface area contributed by atoms with Crippen molar-refractivity contribution in [2.24, 2.45) is 0 Å². The van der Waals surface area contributed by atoms with Crippen molar-refractivity contribution in [2.45, 2.75) is 18.3 Å². The number of hydrogen-bond acceptors (Lipinski definition) is 5. The quantitative estimate of drug-likeness (QED) is 0.394. The number of ether oxygens (including phenoxy) is 4. The molecule has 0 bridgehead atoms. The van der Waals surface area contributed by atoms with E-state index < -0.39 is 0 Å². The molecule has 16 heavy (non-hydrogen) atoms. The molecule has 3 atom stereocenters. The van der Waals surface area contributed by atoms with Crippen LogP contribution in [0, 0.1) is 0 Å². The molecule has 0 N–H and O–H groups in total. The molecule has 0 aliphatic carbocycles. The van der Waals surface area contributed by atoms with E-state index in [1.165, 1.54) is 0 Å². The fraction of sp³-hybridized carbons (Fsp3) is 1.00. The maximum absolute atomic E-state index is 5.54. The van der Waals surface area contributed by atoms with E-state index >= 15 is 0 Å². The van der Waals surface area contributed by atoms with Gasteiger partial charge in [0.05, 0.1) is 45.2 Å². The van der Waals surface area contributed by atoms with Gasteiger partial charge in [0.15, 0.2) is 0 Å². The maximum Gasteiger partial charge on any atom is 0.104 e. The zero-order valence-electron chi connectivity index (χ0n) is 9.47. The van der Waals surface area contributed by atoms with Crippen LogP contribution >= 0.6 is 0 Å². The first kappa shape index (κ1) is 10.9. The van der Waals surface area contributed by atoms with Crippen molar-refractivity contribution in [1.29, 1.82) is 0 Å². The molecule has 3 saturated heterocycles. The summed E-state index contributed by atoms with van der Waals surface area (Å²) in [7, 11) is 0. The predicted molar refractivity (Wildman–Crippen MR) is 56.5 cm³/mol. The Hall–Kier alpha value is -0.200. The minimum absolute atomic E-state index is 0.368. The summed E-state index contributed by atoms with van der Waals surface area (Å²) >= 11 is 0. The van der Waals surface area contributed by atoms with Gasteiger partial charge in [-0.1, -0.05) is 0 Å². The minimum atomic E-state index is 0.368. The van der Waals surface area contributed by atoms with Gasteiger partial charge in [0.1, 0.15) is 6.10 Å². The van der Waals surface area contributed by atoms with Crippen molar-refractivity contribution in [2.75, 3.05) is 52.7 Å². The summed E-state index contributed by atoms with van der Waals surface area (Å²) in [5.74, 6) is 0. The lowest BCUT2D eigenvalue weighted by molar-refractivity contribution is 0.0865. The second kappa shape index (κ2) is 4.98. The molecule has 3 heterocycles. The molecule has 0 amide bonds. The van der Waals surface area contributed by atoms with Crippen LogP contribution in [0.15, 0.2) is 0 Å². The Bertz CT molecular complexity index is 212. The van der Waals surface area contributed by atoms with Crippen LogP contribution in [0.2, 0.25) is 0 Å².